The first-order chi connectivity index (χ1) is 13.4. The molecule has 158 valence electrons. The molecule has 2 aromatic rings. The van der Waals surface area contributed by atoms with Crippen LogP contribution in [0.5, 0.6) is 0 Å². The van der Waals surface area contributed by atoms with Gasteiger partial charge in [-0.3, -0.25) is 0 Å². The van der Waals surface area contributed by atoms with Crippen molar-refractivity contribution in [3.63, 3.8) is 0 Å². The summed E-state index contributed by atoms with van der Waals surface area (Å²) >= 11 is 3.57. The molecule has 1 aliphatic rings. The first kappa shape index (κ1) is 22.8. The van der Waals surface area contributed by atoms with Gasteiger partial charge in [-0.15, -0.1) is 0 Å². The highest BCUT2D eigenvalue weighted by Crippen LogP contribution is 2.37. The van der Waals surface area contributed by atoms with E-state index in [0.717, 1.165) is 33.7 Å². The first-order valence-electron chi connectivity index (χ1n) is 10.2. The third kappa shape index (κ3) is 5.41. The molecular weight excluding hydrogens is 447 g/mol. The number of halogens is 1. The van der Waals surface area contributed by atoms with E-state index >= 15 is 0 Å². The molecule has 2 heterocycles. The lowest BCUT2D eigenvalue weighted by Gasteiger charge is -2.32. The van der Waals surface area contributed by atoms with Crippen molar-refractivity contribution >= 4 is 48.1 Å². The van der Waals surface area contributed by atoms with Crippen LogP contribution in [-0.4, -0.2) is 42.8 Å². The Morgan fingerprint density at radius 2 is 1.83 bits per heavy atom. The minimum atomic E-state index is -1.10. The second-order valence-corrected chi connectivity index (χ2v) is 16.4. The fourth-order valence-corrected chi connectivity index (χ4v) is 4.18. The quantitative estimate of drug-likeness (QED) is 0.375. The van der Waals surface area contributed by atoms with E-state index in [1.807, 2.05) is 22.8 Å². The Labute approximate surface area is 184 Å². The van der Waals surface area contributed by atoms with Gasteiger partial charge in [-0.05, 0) is 58.0 Å². The van der Waals surface area contributed by atoms with Crippen LogP contribution in [0.4, 0.5) is 0 Å². The van der Waals surface area contributed by atoms with Gasteiger partial charge in [0.2, 0.25) is 0 Å². The molecule has 1 aromatic carbocycles. The Kier molecular flexibility index (Phi) is 6.52. The third-order valence-corrected chi connectivity index (χ3v) is 7.83. The summed E-state index contributed by atoms with van der Waals surface area (Å²) < 4.78 is 21.0. The molecule has 0 spiro atoms. The number of nitrogens with zero attached hydrogens (tertiary/aromatic N) is 2. The molecule has 1 saturated heterocycles. The van der Waals surface area contributed by atoms with Gasteiger partial charge in [0.1, 0.15) is 6.73 Å². The summed E-state index contributed by atoms with van der Waals surface area (Å²) in [4.78, 5) is 0. The number of hydrogen-bond acceptors (Lipinski definition) is 4. The summed E-state index contributed by atoms with van der Waals surface area (Å²) in [5.74, 6) is 1.94. The van der Waals surface area contributed by atoms with Crippen LogP contribution in [0.25, 0.3) is 17.0 Å². The number of aromatic nitrogens is 2. The lowest BCUT2D eigenvalue weighted by molar-refractivity contribution is 0.00578. The molecule has 1 aromatic heterocycles. The van der Waals surface area contributed by atoms with Crippen LogP contribution >= 0.6 is 15.9 Å². The summed E-state index contributed by atoms with van der Waals surface area (Å²) in [6.45, 7) is 16.5. The van der Waals surface area contributed by atoms with Gasteiger partial charge in [0.15, 0.2) is 0 Å². The molecule has 0 N–H and O–H groups in total. The van der Waals surface area contributed by atoms with Gasteiger partial charge >= 0.3 is 7.12 Å². The molecule has 1 aliphatic heterocycles. The maximum atomic E-state index is 6.07. The van der Waals surface area contributed by atoms with E-state index < -0.39 is 8.07 Å². The van der Waals surface area contributed by atoms with Crippen molar-refractivity contribution in [2.75, 3.05) is 6.61 Å². The van der Waals surface area contributed by atoms with Crippen LogP contribution in [-0.2, 0) is 20.8 Å². The molecular formula is C21H32BBrN2O3Si. The van der Waals surface area contributed by atoms with E-state index in [4.69, 9.17) is 19.1 Å². The topological polar surface area (TPSA) is 45.5 Å². The van der Waals surface area contributed by atoms with Crippen LogP contribution < -0.4 is 0 Å². The fourth-order valence-electron chi connectivity index (χ4n) is 3.06. The minimum Gasteiger partial charge on any atom is -0.400 e. The molecule has 3 rings (SSSR count). The van der Waals surface area contributed by atoms with Gasteiger partial charge in [-0.1, -0.05) is 41.5 Å². The van der Waals surface area contributed by atoms with E-state index in [1.54, 1.807) is 0 Å². The predicted molar refractivity (Wildman–Crippen MR) is 127 cm³/mol. The van der Waals surface area contributed by atoms with Gasteiger partial charge in [0.25, 0.3) is 0 Å². The Morgan fingerprint density at radius 3 is 2.45 bits per heavy atom. The maximum absolute atomic E-state index is 6.07. The van der Waals surface area contributed by atoms with Crippen LogP contribution in [0, 0.1) is 0 Å². The molecule has 0 amide bonds. The Balaban J connectivity index is 1.78. The largest absolute Gasteiger partial charge is 0.487 e. The Morgan fingerprint density at radius 1 is 1.17 bits per heavy atom. The highest BCUT2D eigenvalue weighted by molar-refractivity contribution is 9.10. The fraction of sp³-hybridized carbons (Fsp3) is 0.571. The molecule has 0 unspecified atom stereocenters. The maximum Gasteiger partial charge on any atom is 0.487 e. The van der Waals surface area contributed by atoms with Crippen molar-refractivity contribution in [1.82, 2.24) is 9.78 Å². The molecule has 1 fully saturated rings. The van der Waals surface area contributed by atoms with Crippen LogP contribution in [0.1, 0.15) is 33.4 Å². The normalized spacial score (nSPS) is 19.0. The smallest absolute Gasteiger partial charge is 0.400 e. The van der Waals surface area contributed by atoms with Gasteiger partial charge in [-0.25, -0.2) is 4.68 Å². The second-order valence-electron chi connectivity index (χ2n) is 9.88. The number of rotatable bonds is 7. The van der Waals surface area contributed by atoms with Crippen molar-refractivity contribution in [3.05, 3.63) is 34.3 Å². The summed E-state index contributed by atoms with van der Waals surface area (Å²) in [7, 11) is -1.49. The molecule has 0 atom stereocenters. The Hall–Kier alpha value is -0.928. The van der Waals surface area contributed by atoms with E-state index in [9.17, 15) is 0 Å². The van der Waals surface area contributed by atoms with Gasteiger partial charge in [0, 0.05) is 24.5 Å². The van der Waals surface area contributed by atoms with Crippen LogP contribution in [0.15, 0.2) is 28.6 Å². The molecule has 0 bridgehead atoms. The SMILES string of the molecule is CC1(C)OB(/C=C/c2nn(COCC[Si](C)(C)C)c3ccc(Br)cc23)OC1(C)C. The number of hydrogen-bond donors (Lipinski definition) is 0. The van der Waals surface area contributed by atoms with Crippen molar-refractivity contribution in [1.29, 1.82) is 0 Å². The van der Waals surface area contributed by atoms with Gasteiger partial charge in [-0.2, -0.15) is 5.10 Å². The first-order valence-corrected chi connectivity index (χ1v) is 14.7. The van der Waals surface area contributed by atoms with E-state index in [1.165, 1.54) is 0 Å². The van der Waals surface area contributed by atoms with Gasteiger partial charge < -0.3 is 14.0 Å². The van der Waals surface area contributed by atoms with Crippen molar-refractivity contribution in [3.8, 4) is 0 Å². The molecule has 5 nitrogen and oxygen atoms in total. The van der Waals surface area contributed by atoms with E-state index in [2.05, 4.69) is 75.4 Å². The number of ether oxygens (including phenoxy) is 1. The van der Waals surface area contributed by atoms with Crippen LogP contribution in [0.2, 0.25) is 25.7 Å². The lowest BCUT2D eigenvalue weighted by atomic mass is 9.89. The summed E-state index contributed by atoms with van der Waals surface area (Å²) in [6.07, 6.45) is 1.98. The number of benzene rings is 1. The van der Waals surface area contributed by atoms with Crippen molar-refractivity contribution < 1.29 is 14.0 Å². The summed E-state index contributed by atoms with van der Waals surface area (Å²) in [5.41, 5.74) is 1.23. The zero-order valence-electron chi connectivity index (χ0n) is 18.6. The van der Waals surface area contributed by atoms with E-state index in [0.29, 0.717) is 6.73 Å². The highest BCUT2D eigenvalue weighted by atomic mass is 79.9. The monoisotopic (exact) mass is 478 g/mol. The van der Waals surface area contributed by atoms with Crippen LogP contribution in [0.3, 0.4) is 0 Å². The zero-order chi connectivity index (χ0) is 21.4. The predicted octanol–water partition coefficient (Wildman–Crippen LogP) is 5.76. The van der Waals surface area contributed by atoms with Crippen molar-refractivity contribution in [2.24, 2.45) is 0 Å². The summed E-state index contributed by atoms with van der Waals surface area (Å²) in [5, 5.41) is 5.85. The standard InChI is InChI=1S/C21H32BBrN2O3Si/c1-20(2)21(3,4)28-22(27-20)11-10-18-17-14-16(23)8-9-19(17)25(24-18)15-26-12-13-29(5,6)7/h8-11,14H,12-13,15H2,1-7H3/b11-10+. The van der Waals surface area contributed by atoms with Crippen molar-refractivity contribution in [2.45, 2.75) is 71.3 Å². The molecule has 29 heavy (non-hydrogen) atoms. The average Bonchev–Trinajstić information content (AvgIpc) is 3.02. The average molecular weight is 479 g/mol. The number of fused-ring (bicyclic) bond motifs is 1. The minimum absolute atomic E-state index is 0.351. The van der Waals surface area contributed by atoms with E-state index in [-0.39, 0.29) is 18.3 Å². The summed E-state index contributed by atoms with van der Waals surface area (Å²) in [6, 6.07) is 7.34. The molecule has 8 heteroatoms. The molecule has 0 saturated carbocycles. The lowest BCUT2D eigenvalue weighted by Crippen LogP contribution is -2.41. The second kappa shape index (κ2) is 8.30. The Bertz CT molecular complexity index is 889. The third-order valence-electron chi connectivity index (χ3n) is 5.63. The zero-order valence-corrected chi connectivity index (χ0v) is 21.2. The van der Waals surface area contributed by atoms with Gasteiger partial charge in [0.05, 0.1) is 22.4 Å². The highest BCUT2D eigenvalue weighted by Gasteiger charge is 2.50. The molecule has 0 radical (unpaired) electrons. The molecule has 0 aliphatic carbocycles.